The number of unbranched alkanes of at least 4 members (excludes halogenated alkanes) is 6. The highest BCUT2D eigenvalue weighted by Gasteiger charge is 2.46. The van der Waals surface area contributed by atoms with Crippen molar-refractivity contribution in [2.24, 2.45) is 5.92 Å². The summed E-state index contributed by atoms with van der Waals surface area (Å²) in [6.45, 7) is 9.21. The largest absolute Gasteiger partial charge is 0.0713 e. The first-order valence-corrected chi connectivity index (χ1v) is 17.0. The maximum absolute atomic E-state index is 2.51. The Morgan fingerprint density at radius 1 is 0.548 bits per heavy atom. The molecule has 0 spiro atoms. The Morgan fingerprint density at radius 3 is 1.69 bits per heavy atom. The number of benzene rings is 4. The summed E-state index contributed by atoms with van der Waals surface area (Å²) in [6.07, 6.45) is 16.2. The second-order valence-corrected chi connectivity index (χ2v) is 13.0. The van der Waals surface area contributed by atoms with Crippen LogP contribution in [0.25, 0.3) is 11.1 Å². The molecule has 0 fully saturated rings. The molecular weight excluding hydrogens is 504 g/mol. The molecule has 0 N–H and O–H groups in total. The van der Waals surface area contributed by atoms with Gasteiger partial charge in [0.2, 0.25) is 0 Å². The molecule has 0 bridgehead atoms. The Bertz CT molecular complexity index is 1360. The molecule has 0 amide bonds. The Kier molecular flexibility index (Phi) is 10.4. The zero-order valence-corrected chi connectivity index (χ0v) is 26.7. The van der Waals surface area contributed by atoms with Crippen molar-refractivity contribution in [3.8, 4) is 11.1 Å². The minimum absolute atomic E-state index is 0.306. The normalized spacial score (nSPS) is 13.4. The second kappa shape index (κ2) is 14.4. The van der Waals surface area contributed by atoms with Crippen molar-refractivity contribution in [2.75, 3.05) is 0 Å². The third kappa shape index (κ3) is 6.29. The van der Waals surface area contributed by atoms with Crippen molar-refractivity contribution in [1.29, 1.82) is 0 Å². The number of hydrogen-bond acceptors (Lipinski definition) is 0. The third-order valence-corrected chi connectivity index (χ3v) is 9.78. The van der Waals surface area contributed by atoms with Crippen LogP contribution in [0.2, 0.25) is 0 Å². The molecule has 0 radical (unpaired) electrons. The van der Waals surface area contributed by atoms with E-state index >= 15 is 0 Å². The predicted octanol–water partition coefficient (Wildman–Crippen LogP) is 12.2. The van der Waals surface area contributed by atoms with Crippen LogP contribution in [0.3, 0.4) is 0 Å². The SMILES string of the molecule is CCCCCCC(CCCCCC)CCc1cc(C)cc2c1-c1ccc(C)cc1C2(c1ccccc1)c1ccccc1. The molecule has 0 atom stereocenters. The monoisotopic (exact) mass is 556 g/mol. The van der Waals surface area contributed by atoms with Crippen molar-refractivity contribution < 1.29 is 0 Å². The average molecular weight is 557 g/mol. The summed E-state index contributed by atoms with van der Waals surface area (Å²) in [4.78, 5) is 0. The van der Waals surface area contributed by atoms with E-state index in [-0.39, 0.29) is 5.41 Å². The van der Waals surface area contributed by atoms with Crippen molar-refractivity contribution in [1.82, 2.24) is 0 Å². The molecule has 0 nitrogen and oxygen atoms in total. The standard InChI is InChI=1S/C42H52/c1-5-7-9-13-19-34(20-14-10-8-6-2)26-27-35-29-33(4)31-40-41(35)38-28-25-32(3)30-39(38)42(40,36-21-15-11-16-22-36)37-23-17-12-18-24-37/h11-12,15-18,21-25,28-31,34H,5-10,13-14,19-20,26-27H2,1-4H3. The highest BCUT2D eigenvalue weighted by molar-refractivity contribution is 5.88. The van der Waals surface area contributed by atoms with E-state index in [2.05, 4.69) is 119 Å². The van der Waals surface area contributed by atoms with Crippen LogP contribution in [0.1, 0.15) is 123 Å². The van der Waals surface area contributed by atoms with Gasteiger partial charge < -0.3 is 0 Å². The van der Waals surface area contributed by atoms with E-state index in [0.717, 1.165) is 5.92 Å². The Morgan fingerprint density at radius 2 is 1.12 bits per heavy atom. The first-order valence-electron chi connectivity index (χ1n) is 17.0. The van der Waals surface area contributed by atoms with Crippen LogP contribution in [0.15, 0.2) is 91.0 Å². The lowest BCUT2D eigenvalue weighted by Gasteiger charge is -2.34. The molecule has 0 heteroatoms. The summed E-state index contributed by atoms with van der Waals surface area (Å²) in [6, 6.07) is 34.8. The fourth-order valence-electron chi connectivity index (χ4n) is 7.68. The molecule has 0 saturated carbocycles. The minimum atomic E-state index is -0.306. The smallest absolute Gasteiger partial charge is 0.0654 e. The quantitative estimate of drug-likeness (QED) is 0.112. The van der Waals surface area contributed by atoms with Crippen LogP contribution in [0.5, 0.6) is 0 Å². The second-order valence-electron chi connectivity index (χ2n) is 13.0. The molecular formula is C42H52. The molecule has 1 aliphatic rings. The zero-order valence-electron chi connectivity index (χ0n) is 26.7. The summed E-state index contributed by atoms with van der Waals surface area (Å²) in [5, 5.41) is 0. The number of aryl methyl sites for hydroxylation is 3. The molecule has 0 aromatic heterocycles. The molecule has 220 valence electrons. The minimum Gasteiger partial charge on any atom is -0.0654 e. The topological polar surface area (TPSA) is 0 Å². The van der Waals surface area contributed by atoms with Crippen molar-refractivity contribution in [3.05, 3.63) is 130 Å². The predicted molar refractivity (Wildman–Crippen MR) is 183 cm³/mol. The summed E-state index contributed by atoms with van der Waals surface area (Å²) in [7, 11) is 0. The first kappa shape index (κ1) is 30.3. The van der Waals surface area contributed by atoms with E-state index < -0.39 is 0 Å². The van der Waals surface area contributed by atoms with Gasteiger partial charge in [-0.15, -0.1) is 0 Å². The van der Waals surface area contributed by atoms with Crippen LogP contribution in [-0.4, -0.2) is 0 Å². The first-order chi connectivity index (χ1) is 20.6. The van der Waals surface area contributed by atoms with Crippen LogP contribution in [-0.2, 0) is 11.8 Å². The molecule has 42 heavy (non-hydrogen) atoms. The van der Waals surface area contributed by atoms with Crippen LogP contribution >= 0.6 is 0 Å². The van der Waals surface area contributed by atoms with Gasteiger partial charge in [0.15, 0.2) is 0 Å². The molecule has 0 aliphatic heterocycles. The van der Waals surface area contributed by atoms with Gasteiger partial charge in [-0.25, -0.2) is 0 Å². The molecule has 4 aromatic rings. The summed E-state index contributed by atoms with van der Waals surface area (Å²) in [5.41, 5.74) is 12.5. The lowest BCUT2D eigenvalue weighted by atomic mass is 9.67. The maximum Gasteiger partial charge on any atom is 0.0713 e. The summed E-state index contributed by atoms with van der Waals surface area (Å²) in [5.74, 6) is 0.835. The van der Waals surface area contributed by atoms with Gasteiger partial charge in [-0.2, -0.15) is 0 Å². The highest BCUT2D eigenvalue weighted by Crippen LogP contribution is 2.57. The summed E-state index contributed by atoms with van der Waals surface area (Å²) >= 11 is 0. The van der Waals surface area contributed by atoms with Crippen LogP contribution in [0.4, 0.5) is 0 Å². The molecule has 4 aromatic carbocycles. The number of rotatable bonds is 15. The molecule has 5 rings (SSSR count). The van der Waals surface area contributed by atoms with E-state index in [1.807, 2.05) is 0 Å². The van der Waals surface area contributed by atoms with Gasteiger partial charge in [0.25, 0.3) is 0 Å². The highest BCUT2D eigenvalue weighted by atomic mass is 14.5. The van der Waals surface area contributed by atoms with Gasteiger partial charge >= 0.3 is 0 Å². The maximum atomic E-state index is 2.51. The molecule has 1 aliphatic carbocycles. The van der Waals surface area contributed by atoms with Crippen LogP contribution < -0.4 is 0 Å². The Hall–Kier alpha value is -3.12. The van der Waals surface area contributed by atoms with Crippen molar-refractivity contribution in [3.63, 3.8) is 0 Å². The lowest BCUT2D eigenvalue weighted by Crippen LogP contribution is -2.28. The van der Waals surface area contributed by atoms with Gasteiger partial charge in [0.05, 0.1) is 5.41 Å². The van der Waals surface area contributed by atoms with E-state index in [0.29, 0.717) is 0 Å². The fourth-order valence-corrected chi connectivity index (χ4v) is 7.68. The van der Waals surface area contributed by atoms with Gasteiger partial charge in [-0.3, -0.25) is 0 Å². The van der Waals surface area contributed by atoms with E-state index in [1.165, 1.54) is 122 Å². The van der Waals surface area contributed by atoms with E-state index in [4.69, 9.17) is 0 Å². The zero-order chi connectivity index (χ0) is 29.4. The van der Waals surface area contributed by atoms with Gasteiger partial charge in [-0.1, -0.05) is 180 Å². The number of fused-ring (bicyclic) bond motifs is 3. The number of hydrogen-bond donors (Lipinski definition) is 0. The summed E-state index contributed by atoms with van der Waals surface area (Å²) < 4.78 is 0. The Balaban J connectivity index is 1.59. The third-order valence-electron chi connectivity index (χ3n) is 9.78. The van der Waals surface area contributed by atoms with Gasteiger partial charge in [0, 0.05) is 0 Å². The molecule has 0 unspecified atom stereocenters. The Labute approximate surface area is 256 Å². The molecule has 0 saturated heterocycles. The van der Waals surface area contributed by atoms with Gasteiger partial charge in [-0.05, 0) is 71.6 Å². The van der Waals surface area contributed by atoms with E-state index in [1.54, 1.807) is 5.56 Å². The average Bonchev–Trinajstić information content (AvgIpc) is 3.30. The van der Waals surface area contributed by atoms with Crippen molar-refractivity contribution >= 4 is 0 Å². The lowest BCUT2D eigenvalue weighted by molar-refractivity contribution is 0.383. The van der Waals surface area contributed by atoms with Gasteiger partial charge in [0.1, 0.15) is 0 Å². The van der Waals surface area contributed by atoms with E-state index in [9.17, 15) is 0 Å². The fraction of sp³-hybridized carbons (Fsp3) is 0.429. The van der Waals surface area contributed by atoms with Crippen molar-refractivity contribution in [2.45, 2.75) is 110 Å². The molecule has 0 heterocycles. The van der Waals surface area contributed by atoms with Crippen LogP contribution in [0, 0.1) is 19.8 Å².